The highest BCUT2D eigenvalue weighted by molar-refractivity contribution is 8.16. The van der Waals surface area contributed by atoms with Crippen molar-refractivity contribution in [2.24, 2.45) is 0 Å². The third-order valence-corrected chi connectivity index (χ3v) is 2.74. The number of hydrogen-bond acceptors (Lipinski definition) is 0. The topological polar surface area (TPSA) is 0 Å². The molecule has 10 heavy (non-hydrogen) atoms. The maximum atomic E-state index is 3.98. The van der Waals surface area contributed by atoms with Crippen LogP contribution < -0.4 is 0 Å². The highest BCUT2D eigenvalue weighted by Gasteiger charge is 1.91. The molecule has 60 valence electrons. The average Bonchev–Trinajstić information content (AvgIpc) is 1.88. The van der Waals surface area contributed by atoms with Crippen molar-refractivity contribution in [2.45, 2.75) is 32.6 Å². The molecule has 0 aromatic rings. The Kier molecular flexibility index (Phi) is 5.70. The van der Waals surface area contributed by atoms with E-state index in [-0.39, 0.29) is 10.5 Å². The van der Waals surface area contributed by atoms with Crippen molar-refractivity contribution >= 4 is 16.4 Å². The Labute approximate surface area is 67.3 Å². The molecular weight excluding hydrogens is 140 g/mol. The number of hydrogen-bond donors (Lipinski definition) is 0. The van der Waals surface area contributed by atoms with Crippen molar-refractivity contribution < 1.29 is 0 Å². The minimum Gasteiger partial charge on any atom is -0.170 e. The van der Waals surface area contributed by atoms with Crippen LogP contribution in [0.1, 0.15) is 32.6 Å². The molecule has 0 rings (SSSR count). The van der Waals surface area contributed by atoms with Crippen LogP contribution in [0.25, 0.3) is 0 Å². The standard InChI is InChI=1S/C9H18S/c1-5-6-7-8-9(2)10(3)4/h2-3,5-8H2,1,4H3. The minimum atomic E-state index is 0.192. The molecule has 0 saturated carbocycles. The zero-order valence-electron chi connectivity index (χ0n) is 7.15. The normalized spacial score (nSPS) is 13.0. The summed E-state index contributed by atoms with van der Waals surface area (Å²) in [7, 11) is 0.192. The Morgan fingerprint density at radius 1 is 1.40 bits per heavy atom. The molecule has 0 N–H and O–H groups in total. The van der Waals surface area contributed by atoms with E-state index in [1.165, 1.54) is 30.6 Å². The first-order chi connectivity index (χ1) is 4.68. The maximum absolute atomic E-state index is 3.98. The van der Waals surface area contributed by atoms with Gasteiger partial charge in [0, 0.05) is 0 Å². The van der Waals surface area contributed by atoms with E-state index >= 15 is 0 Å². The van der Waals surface area contributed by atoms with Crippen molar-refractivity contribution in [2.75, 3.05) is 6.26 Å². The summed E-state index contributed by atoms with van der Waals surface area (Å²) < 4.78 is 0. The van der Waals surface area contributed by atoms with Gasteiger partial charge in [0.25, 0.3) is 0 Å². The zero-order chi connectivity index (χ0) is 7.98. The average molecular weight is 158 g/mol. The molecule has 0 aromatic heterocycles. The summed E-state index contributed by atoms with van der Waals surface area (Å²) in [6.45, 7) is 6.20. The summed E-state index contributed by atoms with van der Waals surface area (Å²) >= 11 is 0. The van der Waals surface area contributed by atoms with Gasteiger partial charge in [-0.05, 0) is 24.0 Å². The Bertz CT molecular complexity index is 125. The monoisotopic (exact) mass is 158 g/mol. The molecule has 0 spiro atoms. The second-order valence-corrected chi connectivity index (χ2v) is 4.48. The molecule has 0 nitrogen and oxygen atoms in total. The molecule has 1 atom stereocenters. The summed E-state index contributed by atoms with van der Waals surface area (Å²) in [5, 5.41) is 0. The highest BCUT2D eigenvalue weighted by Crippen LogP contribution is 2.21. The molecule has 1 heteroatoms. The molecule has 0 aliphatic heterocycles. The molecule has 0 aliphatic rings. The van der Waals surface area contributed by atoms with E-state index in [0.717, 1.165) is 0 Å². The van der Waals surface area contributed by atoms with Gasteiger partial charge in [0.05, 0.1) is 0 Å². The Morgan fingerprint density at radius 3 is 2.40 bits per heavy atom. The van der Waals surface area contributed by atoms with Gasteiger partial charge in [-0.15, -0.1) is 0 Å². The molecule has 0 fully saturated rings. The molecule has 0 aromatic carbocycles. The van der Waals surface area contributed by atoms with Gasteiger partial charge in [0.1, 0.15) is 0 Å². The third kappa shape index (κ3) is 4.80. The summed E-state index contributed by atoms with van der Waals surface area (Å²) in [4.78, 5) is 1.33. The van der Waals surface area contributed by atoms with Crippen molar-refractivity contribution in [1.82, 2.24) is 0 Å². The van der Waals surface area contributed by atoms with Crippen LogP contribution >= 0.6 is 10.5 Å². The van der Waals surface area contributed by atoms with Gasteiger partial charge in [0.15, 0.2) is 0 Å². The molecule has 0 radical (unpaired) electrons. The summed E-state index contributed by atoms with van der Waals surface area (Å²) in [6, 6.07) is 0. The molecule has 0 saturated heterocycles. The predicted molar refractivity (Wildman–Crippen MR) is 53.9 cm³/mol. The van der Waals surface area contributed by atoms with Gasteiger partial charge < -0.3 is 0 Å². The van der Waals surface area contributed by atoms with Crippen LogP contribution in [0.5, 0.6) is 0 Å². The van der Waals surface area contributed by atoms with Gasteiger partial charge in [-0.1, -0.05) is 32.2 Å². The van der Waals surface area contributed by atoms with Crippen LogP contribution in [0, 0.1) is 0 Å². The van der Waals surface area contributed by atoms with E-state index < -0.39 is 0 Å². The SMILES string of the molecule is C=C(CCCCC)S(=C)C. The van der Waals surface area contributed by atoms with Gasteiger partial charge in [-0.2, -0.15) is 10.5 Å². The Balaban J connectivity index is 3.31. The molecule has 0 aliphatic carbocycles. The van der Waals surface area contributed by atoms with E-state index in [0.29, 0.717) is 0 Å². The Morgan fingerprint density at radius 2 is 2.00 bits per heavy atom. The first-order valence-electron chi connectivity index (χ1n) is 3.82. The number of allylic oxidation sites excluding steroid dienone is 1. The molecule has 0 bridgehead atoms. The van der Waals surface area contributed by atoms with Crippen LogP contribution in [0.15, 0.2) is 11.5 Å². The van der Waals surface area contributed by atoms with Crippen molar-refractivity contribution in [1.29, 1.82) is 0 Å². The van der Waals surface area contributed by atoms with Crippen molar-refractivity contribution in [3.63, 3.8) is 0 Å². The molecular formula is C9H18S. The fraction of sp³-hybridized carbons (Fsp3) is 0.667. The molecule has 0 amide bonds. The first kappa shape index (κ1) is 9.96. The van der Waals surface area contributed by atoms with Crippen LogP contribution in [0.4, 0.5) is 0 Å². The van der Waals surface area contributed by atoms with E-state index in [1.807, 2.05) is 0 Å². The highest BCUT2D eigenvalue weighted by atomic mass is 32.2. The largest absolute Gasteiger partial charge is 0.170 e. The number of unbranched alkanes of at least 4 members (excludes halogenated alkanes) is 2. The van der Waals surface area contributed by atoms with E-state index in [1.54, 1.807) is 0 Å². The lowest BCUT2D eigenvalue weighted by atomic mass is 10.2. The van der Waals surface area contributed by atoms with Crippen LogP contribution in [-0.2, 0) is 0 Å². The quantitative estimate of drug-likeness (QED) is 0.425. The fourth-order valence-corrected chi connectivity index (χ4v) is 1.24. The van der Waals surface area contributed by atoms with Gasteiger partial charge in [-0.25, -0.2) is 0 Å². The lowest BCUT2D eigenvalue weighted by Crippen LogP contribution is -1.78. The third-order valence-electron chi connectivity index (χ3n) is 1.55. The Hall–Kier alpha value is -0.0400. The first-order valence-corrected chi connectivity index (χ1v) is 5.62. The second kappa shape index (κ2) is 5.72. The van der Waals surface area contributed by atoms with Crippen molar-refractivity contribution in [3.8, 4) is 0 Å². The smallest absolute Gasteiger partial charge is 0.0199 e. The van der Waals surface area contributed by atoms with Crippen LogP contribution in [0.3, 0.4) is 0 Å². The van der Waals surface area contributed by atoms with E-state index in [2.05, 4.69) is 25.6 Å². The van der Waals surface area contributed by atoms with Crippen molar-refractivity contribution in [3.05, 3.63) is 11.5 Å². The number of rotatable bonds is 5. The lowest BCUT2D eigenvalue weighted by Gasteiger charge is -2.03. The summed E-state index contributed by atoms with van der Waals surface area (Å²) in [5.41, 5.74) is 0. The van der Waals surface area contributed by atoms with Gasteiger partial charge in [0.2, 0.25) is 0 Å². The summed E-state index contributed by atoms with van der Waals surface area (Å²) in [6.07, 6.45) is 7.23. The zero-order valence-corrected chi connectivity index (χ0v) is 7.97. The summed E-state index contributed by atoms with van der Waals surface area (Å²) in [5.74, 6) is 3.95. The van der Waals surface area contributed by atoms with Crippen LogP contribution in [0.2, 0.25) is 0 Å². The van der Waals surface area contributed by atoms with Gasteiger partial charge in [-0.3, -0.25) is 0 Å². The minimum absolute atomic E-state index is 0.192. The fourth-order valence-electron chi connectivity index (χ4n) is 0.746. The lowest BCUT2D eigenvalue weighted by molar-refractivity contribution is 0.726. The van der Waals surface area contributed by atoms with Crippen LogP contribution in [-0.4, -0.2) is 12.1 Å². The predicted octanol–water partition coefficient (Wildman–Crippen LogP) is 3.41. The van der Waals surface area contributed by atoms with E-state index in [9.17, 15) is 0 Å². The molecule has 1 unspecified atom stereocenters. The maximum Gasteiger partial charge on any atom is -0.0199 e. The molecule has 0 heterocycles. The van der Waals surface area contributed by atoms with Gasteiger partial charge >= 0.3 is 0 Å². The second-order valence-electron chi connectivity index (χ2n) is 2.63. The van der Waals surface area contributed by atoms with E-state index in [4.69, 9.17) is 0 Å².